The molecule has 0 N–H and O–H groups in total. The molecule has 6 nitrogen and oxygen atoms in total. The van der Waals surface area contributed by atoms with E-state index in [1.54, 1.807) is 12.1 Å². The first kappa shape index (κ1) is 17.2. The largest absolute Gasteiger partial charge is 0.343 e. The Morgan fingerprint density at radius 3 is 2.37 bits per heavy atom. The summed E-state index contributed by atoms with van der Waals surface area (Å²) in [5.41, 5.74) is 2.36. The van der Waals surface area contributed by atoms with Crippen molar-refractivity contribution in [2.24, 2.45) is 0 Å². The van der Waals surface area contributed by atoms with Crippen LogP contribution in [0.4, 0.5) is 0 Å². The van der Waals surface area contributed by atoms with Gasteiger partial charge in [0, 0.05) is 5.39 Å². The van der Waals surface area contributed by atoms with Crippen LogP contribution in [0, 0.1) is 6.92 Å². The Bertz CT molecular complexity index is 1060. The molecule has 134 valence electrons. The highest BCUT2D eigenvalue weighted by Crippen LogP contribution is 2.25. The number of benzene rings is 2. The van der Waals surface area contributed by atoms with Gasteiger partial charge in [0.2, 0.25) is 0 Å². The van der Waals surface area contributed by atoms with Crippen LogP contribution in [-0.2, 0) is 9.63 Å². The maximum atomic E-state index is 12.2. The molecule has 27 heavy (non-hydrogen) atoms. The highest BCUT2D eigenvalue weighted by molar-refractivity contribution is 7.99. The van der Waals surface area contributed by atoms with Gasteiger partial charge in [-0.15, -0.1) is 0 Å². The first-order chi connectivity index (χ1) is 13.0. The summed E-state index contributed by atoms with van der Waals surface area (Å²) in [6.45, 7) is 1.98. The molecule has 4 rings (SSSR count). The Kier molecular flexibility index (Phi) is 4.37. The fourth-order valence-electron chi connectivity index (χ4n) is 2.90. The standard InChI is InChI=1S/C20H14N2O4S/c1-12-10-17(21-16-9-5-4-6-13(12)16)27-11-18(23)26-22-19(24)14-7-2-3-8-15(14)20(22)25/h2-10H,11H2,1H3. The van der Waals surface area contributed by atoms with Gasteiger partial charge in [0.15, 0.2) is 0 Å². The van der Waals surface area contributed by atoms with Crippen molar-refractivity contribution in [3.8, 4) is 0 Å². The predicted octanol–water partition coefficient (Wildman–Crippen LogP) is 3.39. The maximum Gasteiger partial charge on any atom is 0.343 e. The molecule has 2 amide bonds. The number of pyridine rings is 1. The minimum atomic E-state index is -0.692. The highest BCUT2D eigenvalue weighted by atomic mass is 32.2. The molecule has 0 spiro atoms. The van der Waals surface area contributed by atoms with Crippen LogP contribution in [0.3, 0.4) is 0 Å². The van der Waals surface area contributed by atoms with Crippen molar-refractivity contribution in [1.82, 2.24) is 10.0 Å². The third-order valence-corrected chi connectivity index (χ3v) is 5.07. The molecule has 0 unspecified atom stereocenters. The van der Waals surface area contributed by atoms with Crippen LogP contribution < -0.4 is 0 Å². The van der Waals surface area contributed by atoms with Gasteiger partial charge in [-0.25, -0.2) is 9.78 Å². The minimum Gasteiger partial charge on any atom is -0.329 e. The second-order valence-electron chi connectivity index (χ2n) is 6.00. The summed E-state index contributed by atoms with van der Waals surface area (Å²) in [7, 11) is 0. The van der Waals surface area contributed by atoms with Crippen molar-refractivity contribution in [3.05, 3.63) is 71.3 Å². The average Bonchev–Trinajstić information content (AvgIpc) is 2.92. The summed E-state index contributed by atoms with van der Waals surface area (Å²) in [5.74, 6) is -2.03. The number of hydroxylamine groups is 2. The molecule has 3 aromatic rings. The summed E-state index contributed by atoms with van der Waals surface area (Å²) < 4.78 is 0. The van der Waals surface area contributed by atoms with Crippen molar-refractivity contribution < 1.29 is 19.2 Å². The van der Waals surface area contributed by atoms with Crippen LogP contribution in [0.25, 0.3) is 10.9 Å². The number of hydrogen-bond acceptors (Lipinski definition) is 6. The van der Waals surface area contributed by atoms with Crippen molar-refractivity contribution >= 4 is 40.4 Å². The molecule has 0 fully saturated rings. The number of carbonyl (C=O) groups excluding carboxylic acids is 3. The molecule has 0 saturated heterocycles. The molecule has 2 heterocycles. The summed E-state index contributed by atoms with van der Waals surface area (Å²) in [4.78, 5) is 46.1. The summed E-state index contributed by atoms with van der Waals surface area (Å²) in [5, 5.41) is 2.24. The van der Waals surface area contributed by atoms with Crippen molar-refractivity contribution in [3.63, 3.8) is 0 Å². The molecular formula is C20H14N2O4S. The summed E-state index contributed by atoms with van der Waals surface area (Å²) >= 11 is 1.19. The van der Waals surface area contributed by atoms with Gasteiger partial charge in [-0.3, -0.25) is 9.59 Å². The number of thioether (sulfide) groups is 1. The lowest BCUT2D eigenvalue weighted by Gasteiger charge is -2.12. The number of amides is 2. The second-order valence-corrected chi connectivity index (χ2v) is 6.99. The van der Waals surface area contributed by atoms with Crippen LogP contribution in [0.15, 0.2) is 59.6 Å². The van der Waals surface area contributed by atoms with E-state index in [0.717, 1.165) is 16.5 Å². The SMILES string of the molecule is Cc1cc(SCC(=O)ON2C(=O)c3ccccc3C2=O)nc2ccccc12. The van der Waals surface area contributed by atoms with E-state index in [4.69, 9.17) is 4.84 Å². The topological polar surface area (TPSA) is 76.6 Å². The zero-order chi connectivity index (χ0) is 19.0. The van der Waals surface area contributed by atoms with Gasteiger partial charge in [0.1, 0.15) is 5.75 Å². The van der Waals surface area contributed by atoms with Crippen molar-refractivity contribution in [2.45, 2.75) is 11.9 Å². The van der Waals surface area contributed by atoms with Gasteiger partial charge >= 0.3 is 5.97 Å². The van der Waals surface area contributed by atoms with Crippen LogP contribution in [0.5, 0.6) is 0 Å². The lowest BCUT2D eigenvalue weighted by Crippen LogP contribution is -2.33. The fraction of sp³-hybridized carbons (Fsp3) is 0.100. The molecule has 0 bridgehead atoms. The van der Waals surface area contributed by atoms with Crippen LogP contribution in [0.2, 0.25) is 0 Å². The Balaban J connectivity index is 1.44. The second kappa shape index (κ2) is 6.85. The van der Waals surface area contributed by atoms with E-state index in [2.05, 4.69) is 4.98 Å². The fourth-order valence-corrected chi connectivity index (χ4v) is 3.65. The average molecular weight is 378 g/mol. The number of nitrogens with zero attached hydrogens (tertiary/aromatic N) is 2. The first-order valence-electron chi connectivity index (χ1n) is 8.22. The summed E-state index contributed by atoms with van der Waals surface area (Å²) in [6.07, 6.45) is 0. The molecule has 0 saturated carbocycles. The number of rotatable bonds is 4. The third kappa shape index (κ3) is 3.17. The van der Waals surface area contributed by atoms with Gasteiger partial charge < -0.3 is 4.84 Å². The monoisotopic (exact) mass is 378 g/mol. The number of para-hydroxylation sites is 1. The minimum absolute atomic E-state index is 0.0712. The molecular weight excluding hydrogens is 364 g/mol. The first-order valence-corrected chi connectivity index (χ1v) is 9.21. The number of hydrogen-bond donors (Lipinski definition) is 0. The lowest BCUT2D eigenvalue weighted by molar-refractivity contribution is -0.165. The quantitative estimate of drug-likeness (QED) is 0.512. The van der Waals surface area contributed by atoms with Gasteiger partial charge in [0.25, 0.3) is 11.8 Å². The Hall–Kier alpha value is -3.19. The Labute approximate surface area is 159 Å². The smallest absolute Gasteiger partial charge is 0.329 e. The Morgan fingerprint density at radius 2 is 1.67 bits per heavy atom. The zero-order valence-corrected chi connectivity index (χ0v) is 15.2. The van der Waals surface area contributed by atoms with E-state index < -0.39 is 17.8 Å². The van der Waals surface area contributed by atoms with E-state index in [-0.39, 0.29) is 16.9 Å². The van der Waals surface area contributed by atoms with Crippen molar-refractivity contribution in [2.75, 3.05) is 5.75 Å². The molecule has 1 aromatic heterocycles. The van der Waals surface area contributed by atoms with Gasteiger partial charge in [-0.1, -0.05) is 47.2 Å². The van der Waals surface area contributed by atoms with E-state index in [1.165, 1.54) is 23.9 Å². The van der Waals surface area contributed by atoms with Gasteiger partial charge in [0.05, 0.1) is 21.7 Å². The van der Waals surface area contributed by atoms with Crippen LogP contribution >= 0.6 is 11.8 Å². The molecule has 1 aliphatic heterocycles. The third-order valence-electron chi connectivity index (χ3n) is 4.19. The van der Waals surface area contributed by atoms with Gasteiger partial charge in [-0.05, 0) is 36.8 Å². The normalized spacial score (nSPS) is 13.1. The van der Waals surface area contributed by atoms with Gasteiger partial charge in [-0.2, -0.15) is 0 Å². The maximum absolute atomic E-state index is 12.2. The predicted molar refractivity (Wildman–Crippen MR) is 100 cm³/mol. The number of fused-ring (bicyclic) bond motifs is 2. The molecule has 0 aliphatic carbocycles. The summed E-state index contributed by atoms with van der Waals surface area (Å²) in [6, 6.07) is 16.0. The van der Waals surface area contributed by atoms with Crippen molar-refractivity contribution in [1.29, 1.82) is 0 Å². The molecule has 0 radical (unpaired) electrons. The molecule has 7 heteroatoms. The van der Waals surface area contributed by atoms with E-state index >= 15 is 0 Å². The molecule has 0 atom stereocenters. The number of carbonyl (C=O) groups is 3. The zero-order valence-electron chi connectivity index (χ0n) is 14.3. The van der Waals surface area contributed by atoms with E-state index in [0.29, 0.717) is 10.1 Å². The van der Waals surface area contributed by atoms with Crippen LogP contribution in [-0.4, -0.2) is 33.6 Å². The molecule has 1 aliphatic rings. The lowest BCUT2D eigenvalue weighted by atomic mass is 10.1. The number of aryl methyl sites for hydroxylation is 1. The van der Waals surface area contributed by atoms with E-state index in [1.807, 2.05) is 37.3 Å². The highest BCUT2D eigenvalue weighted by Gasteiger charge is 2.38. The number of aromatic nitrogens is 1. The van der Waals surface area contributed by atoms with Crippen LogP contribution in [0.1, 0.15) is 26.3 Å². The number of imide groups is 1. The van der Waals surface area contributed by atoms with E-state index in [9.17, 15) is 14.4 Å². The molecule has 2 aromatic carbocycles. The Morgan fingerprint density at radius 1 is 1.04 bits per heavy atom.